The van der Waals surface area contributed by atoms with Gasteiger partial charge >= 0.3 is 0 Å². The molecule has 0 heterocycles. The van der Waals surface area contributed by atoms with Crippen LogP contribution in [-0.2, 0) is 24.4 Å². The summed E-state index contributed by atoms with van der Waals surface area (Å²) >= 11 is 0. The van der Waals surface area contributed by atoms with Crippen molar-refractivity contribution in [2.45, 2.75) is 19.6 Å². The number of aliphatic hydroxyl groups is 1. The highest BCUT2D eigenvalue weighted by atomic mass is 19.1. The Balaban J connectivity index is 1.67. The van der Waals surface area contributed by atoms with Gasteiger partial charge in [-0.05, 0) is 34.0 Å². The van der Waals surface area contributed by atoms with Gasteiger partial charge in [0.15, 0.2) is 0 Å². The van der Waals surface area contributed by atoms with Crippen molar-refractivity contribution in [3.8, 4) is 0 Å². The zero-order valence-corrected chi connectivity index (χ0v) is 13.1. The van der Waals surface area contributed by atoms with E-state index in [9.17, 15) is 9.18 Å². The number of benzene rings is 3. The lowest BCUT2D eigenvalue weighted by Gasteiger charge is -2.09. The number of carbonyl (C=O) groups is 1. The van der Waals surface area contributed by atoms with E-state index in [0.29, 0.717) is 6.54 Å². The van der Waals surface area contributed by atoms with E-state index in [0.717, 1.165) is 21.9 Å². The van der Waals surface area contributed by atoms with E-state index in [-0.39, 0.29) is 24.5 Å². The normalized spacial score (nSPS) is 10.8. The van der Waals surface area contributed by atoms with Crippen molar-refractivity contribution < 1.29 is 14.3 Å². The quantitative estimate of drug-likeness (QED) is 0.757. The van der Waals surface area contributed by atoms with E-state index in [1.165, 1.54) is 6.07 Å². The standard InChI is InChI=1S/C20H18FNO2/c21-19-9-8-14(10-17(19)13-23)12-22-20(24)11-16-6-3-5-15-4-1-2-7-18(15)16/h1-10,23H,11-13H2,(H,22,24). The molecule has 3 rings (SSSR count). The largest absolute Gasteiger partial charge is 0.392 e. The second-order valence-corrected chi connectivity index (χ2v) is 5.68. The minimum atomic E-state index is -0.441. The van der Waals surface area contributed by atoms with Crippen LogP contribution in [0, 0.1) is 5.82 Å². The molecule has 24 heavy (non-hydrogen) atoms. The third kappa shape index (κ3) is 3.60. The summed E-state index contributed by atoms with van der Waals surface area (Å²) in [6.07, 6.45) is 0.287. The summed E-state index contributed by atoms with van der Waals surface area (Å²) in [4.78, 5) is 12.2. The van der Waals surface area contributed by atoms with Gasteiger partial charge in [-0.15, -0.1) is 0 Å². The Hall–Kier alpha value is -2.72. The monoisotopic (exact) mass is 323 g/mol. The minimum absolute atomic E-state index is 0.0961. The number of rotatable bonds is 5. The number of amides is 1. The van der Waals surface area contributed by atoms with Gasteiger partial charge in [-0.3, -0.25) is 4.79 Å². The molecule has 122 valence electrons. The summed E-state index contributed by atoms with van der Waals surface area (Å²) in [5, 5.41) is 14.1. The molecule has 0 saturated carbocycles. The molecule has 3 aromatic rings. The summed E-state index contributed by atoms with van der Waals surface area (Å²) in [7, 11) is 0. The molecule has 0 saturated heterocycles. The molecule has 1 amide bonds. The molecule has 3 aromatic carbocycles. The molecule has 0 aliphatic carbocycles. The molecule has 0 atom stereocenters. The van der Waals surface area contributed by atoms with E-state index < -0.39 is 5.82 Å². The molecular formula is C20H18FNO2. The topological polar surface area (TPSA) is 49.3 Å². The number of hydrogen-bond donors (Lipinski definition) is 2. The Labute approximate surface area is 139 Å². The molecule has 0 unspecified atom stereocenters. The van der Waals surface area contributed by atoms with Gasteiger partial charge in [0.1, 0.15) is 5.82 Å². The van der Waals surface area contributed by atoms with Crippen LogP contribution in [-0.4, -0.2) is 11.0 Å². The van der Waals surface area contributed by atoms with Gasteiger partial charge in [0, 0.05) is 12.1 Å². The molecule has 0 spiro atoms. The zero-order valence-electron chi connectivity index (χ0n) is 13.1. The average molecular weight is 323 g/mol. The van der Waals surface area contributed by atoms with Gasteiger partial charge in [0.2, 0.25) is 5.91 Å². The van der Waals surface area contributed by atoms with Gasteiger partial charge in [-0.25, -0.2) is 4.39 Å². The first kappa shape index (κ1) is 16.1. The Morgan fingerprint density at radius 3 is 2.62 bits per heavy atom. The fraction of sp³-hybridized carbons (Fsp3) is 0.150. The van der Waals surface area contributed by atoms with Crippen LogP contribution >= 0.6 is 0 Å². The van der Waals surface area contributed by atoms with Crippen LogP contribution in [0.4, 0.5) is 4.39 Å². The second-order valence-electron chi connectivity index (χ2n) is 5.68. The lowest BCUT2D eigenvalue weighted by Crippen LogP contribution is -2.24. The number of hydrogen-bond acceptors (Lipinski definition) is 2. The first-order valence-electron chi connectivity index (χ1n) is 7.79. The van der Waals surface area contributed by atoms with Crippen molar-refractivity contribution in [3.63, 3.8) is 0 Å². The number of nitrogens with one attached hydrogen (secondary N) is 1. The third-order valence-electron chi connectivity index (χ3n) is 4.00. The third-order valence-corrected chi connectivity index (χ3v) is 4.00. The molecular weight excluding hydrogens is 305 g/mol. The first-order valence-corrected chi connectivity index (χ1v) is 7.79. The minimum Gasteiger partial charge on any atom is -0.392 e. The fourth-order valence-corrected chi connectivity index (χ4v) is 2.74. The maximum atomic E-state index is 13.4. The van der Waals surface area contributed by atoms with Crippen LogP contribution in [0.5, 0.6) is 0 Å². The molecule has 3 nitrogen and oxygen atoms in total. The molecule has 0 radical (unpaired) electrons. The lowest BCUT2D eigenvalue weighted by atomic mass is 10.0. The van der Waals surface area contributed by atoms with E-state index >= 15 is 0 Å². The number of fused-ring (bicyclic) bond motifs is 1. The van der Waals surface area contributed by atoms with Crippen LogP contribution in [0.1, 0.15) is 16.7 Å². The summed E-state index contributed by atoms with van der Waals surface area (Å²) in [5.41, 5.74) is 1.96. The number of halogens is 1. The van der Waals surface area contributed by atoms with Crippen molar-refractivity contribution in [2.24, 2.45) is 0 Å². The molecule has 0 bridgehead atoms. The maximum absolute atomic E-state index is 13.4. The Morgan fingerprint density at radius 1 is 1.00 bits per heavy atom. The Bertz CT molecular complexity index is 871. The van der Waals surface area contributed by atoms with Gasteiger partial charge < -0.3 is 10.4 Å². The van der Waals surface area contributed by atoms with E-state index in [4.69, 9.17) is 5.11 Å². The van der Waals surface area contributed by atoms with Gasteiger partial charge in [-0.1, -0.05) is 48.5 Å². The number of aliphatic hydroxyl groups excluding tert-OH is 1. The van der Waals surface area contributed by atoms with Crippen molar-refractivity contribution in [1.82, 2.24) is 5.32 Å². The lowest BCUT2D eigenvalue weighted by molar-refractivity contribution is -0.120. The SMILES string of the molecule is O=C(Cc1cccc2ccccc12)NCc1ccc(F)c(CO)c1. The van der Waals surface area contributed by atoms with Crippen LogP contribution in [0.3, 0.4) is 0 Å². The van der Waals surface area contributed by atoms with E-state index in [2.05, 4.69) is 5.32 Å². The van der Waals surface area contributed by atoms with Crippen molar-refractivity contribution >= 4 is 16.7 Å². The molecule has 0 aromatic heterocycles. The summed E-state index contributed by atoms with van der Waals surface area (Å²) in [6.45, 7) is -0.0551. The fourth-order valence-electron chi connectivity index (χ4n) is 2.74. The van der Waals surface area contributed by atoms with E-state index in [1.54, 1.807) is 12.1 Å². The van der Waals surface area contributed by atoms with Crippen LogP contribution in [0.15, 0.2) is 60.7 Å². The first-order chi connectivity index (χ1) is 11.7. The van der Waals surface area contributed by atoms with Crippen LogP contribution in [0.25, 0.3) is 10.8 Å². The van der Waals surface area contributed by atoms with Gasteiger partial charge in [0.05, 0.1) is 13.0 Å². The highest BCUT2D eigenvalue weighted by molar-refractivity contribution is 5.90. The second kappa shape index (κ2) is 7.23. The van der Waals surface area contributed by atoms with Gasteiger partial charge in [0.25, 0.3) is 0 Å². The predicted molar refractivity (Wildman–Crippen MR) is 91.8 cm³/mol. The highest BCUT2D eigenvalue weighted by Gasteiger charge is 2.08. The van der Waals surface area contributed by atoms with Crippen LogP contribution < -0.4 is 5.32 Å². The molecule has 4 heteroatoms. The summed E-state index contributed by atoms with van der Waals surface area (Å²) < 4.78 is 13.4. The number of carbonyl (C=O) groups excluding carboxylic acids is 1. The summed E-state index contributed by atoms with van der Waals surface area (Å²) in [5.74, 6) is -0.537. The van der Waals surface area contributed by atoms with Crippen LogP contribution in [0.2, 0.25) is 0 Å². The Morgan fingerprint density at radius 2 is 1.79 bits per heavy atom. The maximum Gasteiger partial charge on any atom is 0.224 e. The van der Waals surface area contributed by atoms with Crippen molar-refractivity contribution in [3.05, 3.63) is 83.2 Å². The Kier molecular flexibility index (Phi) is 4.87. The predicted octanol–water partition coefficient (Wildman–Crippen LogP) is 3.33. The molecule has 0 aliphatic heterocycles. The van der Waals surface area contributed by atoms with Gasteiger partial charge in [-0.2, -0.15) is 0 Å². The molecule has 0 fully saturated rings. The molecule has 2 N–H and O–H groups in total. The van der Waals surface area contributed by atoms with E-state index in [1.807, 2.05) is 42.5 Å². The van der Waals surface area contributed by atoms with Crippen molar-refractivity contribution in [2.75, 3.05) is 0 Å². The molecule has 0 aliphatic rings. The smallest absolute Gasteiger partial charge is 0.224 e. The highest BCUT2D eigenvalue weighted by Crippen LogP contribution is 2.19. The van der Waals surface area contributed by atoms with Crippen molar-refractivity contribution in [1.29, 1.82) is 0 Å². The summed E-state index contributed by atoms with van der Waals surface area (Å²) in [6, 6.07) is 18.3. The zero-order chi connectivity index (χ0) is 16.9. The average Bonchev–Trinajstić information content (AvgIpc) is 2.61.